The second-order valence-corrected chi connectivity index (χ2v) is 6.84. The molecule has 5 heteroatoms. The number of amides is 2. The van der Waals surface area contributed by atoms with E-state index in [1.807, 2.05) is 11.9 Å². The SMILES string of the molecule is CCC(NC(=O)N(C)CC1(N(C)C)CCC1)C1CCCO1. The highest BCUT2D eigenvalue weighted by Crippen LogP contribution is 2.36. The summed E-state index contributed by atoms with van der Waals surface area (Å²) in [6.07, 6.45) is 6.91. The van der Waals surface area contributed by atoms with Crippen LogP contribution in [0.4, 0.5) is 4.79 Å². The third-order valence-electron chi connectivity index (χ3n) is 5.27. The Labute approximate surface area is 129 Å². The summed E-state index contributed by atoms with van der Waals surface area (Å²) >= 11 is 0. The van der Waals surface area contributed by atoms with Gasteiger partial charge in [0.2, 0.25) is 0 Å². The van der Waals surface area contributed by atoms with Crippen LogP contribution in [0, 0.1) is 0 Å². The zero-order chi connectivity index (χ0) is 15.5. The molecule has 2 atom stereocenters. The number of carbonyl (C=O) groups excluding carboxylic acids is 1. The fourth-order valence-electron chi connectivity index (χ4n) is 3.49. The van der Waals surface area contributed by atoms with Crippen molar-refractivity contribution in [2.24, 2.45) is 0 Å². The number of hydrogen-bond acceptors (Lipinski definition) is 3. The molecular formula is C16H31N3O2. The molecule has 1 aliphatic carbocycles. The number of nitrogens with zero attached hydrogens (tertiary/aromatic N) is 2. The van der Waals surface area contributed by atoms with E-state index in [0.29, 0.717) is 0 Å². The van der Waals surface area contributed by atoms with Crippen LogP contribution in [0.1, 0.15) is 45.4 Å². The monoisotopic (exact) mass is 297 g/mol. The minimum Gasteiger partial charge on any atom is -0.376 e. The van der Waals surface area contributed by atoms with Gasteiger partial charge in [-0.3, -0.25) is 0 Å². The van der Waals surface area contributed by atoms with Gasteiger partial charge in [-0.15, -0.1) is 0 Å². The van der Waals surface area contributed by atoms with Crippen LogP contribution >= 0.6 is 0 Å². The minimum absolute atomic E-state index is 0.0328. The Morgan fingerprint density at radius 1 is 1.33 bits per heavy atom. The van der Waals surface area contributed by atoms with Gasteiger partial charge in [0, 0.05) is 25.7 Å². The molecule has 0 bridgehead atoms. The largest absolute Gasteiger partial charge is 0.376 e. The molecule has 0 aromatic rings. The molecule has 5 nitrogen and oxygen atoms in total. The molecule has 0 aromatic carbocycles. The molecule has 21 heavy (non-hydrogen) atoms. The van der Waals surface area contributed by atoms with Crippen LogP contribution < -0.4 is 5.32 Å². The van der Waals surface area contributed by atoms with Crippen LogP contribution in [-0.2, 0) is 4.74 Å². The van der Waals surface area contributed by atoms with Gasteiger partial charge in [-0.1, -0.05) is 6.92 Å². The Morgan fingerprint density at radius 3 is 2.48 bits per heavy atom. The van der Waals surface area contributed by atoms with E-state index in [0.717, 1.165) is 32.4 Å². The first-order valence-corrected chi connectivity index (χ1v) is 8.29. The summed E-state index contributed by atoms with van der Waals surface area (Å²) in [7, 11) is 6.14. The first kappa shape index (κ1) is 16.6. The number of urea groups is 1. The molecule has 1 saturated heterocycles. The highest BCUT2D eigenvalue weighted by molar-refractivity contribution is 5.74. The maximum absolute atomic E-state index is 12.5. The van der Waals surface area contributed by atoms with Crippen molar-refractivity contribution in [2.75, 3.05) is 34.3 Å². The van der Waals surface area contributed by atoms with E-state index in [-0.39, 0.29) is 23.7 Å². The van der Waals surface area contributed by atoms with Crippen LogP contribution in [0.3, 0.4) is 0 Å². The van der Waals surface area contributed by atoms with Gasteiger partial charge in [-0.05, 0) is 52.6 Å². The van der Waals surface area contributed by atoms with Gasteiger partial charge in [0.15, 0.2) is 0 Å². The Balaban J connectivity index is 1.86. The highest BCUT2D eigenvalue weighted by atomic mass is 16.5. The van der Waals surface area contributed by atoms with Crippen molar-refractivity contribution >= 4 is 6.03 Å². The van der Waals surface area contributed by atoms with Crippen molar-refractivity contribution in [3.8, 4) is 0 Å². The van der Waals surface area contributed by atoms with Crippen LogP contribution in [0.5, 0.6) is 0 Å². The number of likely N-dealkylation sites (N-methyl/N-ethyl adjacent to an activating group) is 2. The second kappa shape index (κ2) is 6.97. The van der Waals surface area contributed by atoms with Crippen molar-refractivity contribution in [3.05, 3.63) is 0 Å². The maximum Gasteiger partial charge on any atom is 0.317 e. The summed E-state index contributed by atoms with van der Waals surface area (Å²) in [5.74, 6) is 0. The number of ether oxygens (including phenoxy) is 1. The van der Waals surface area contributed by atoms with Gasteiger partial charge in [0.1, 0.15) is 0 Å². The normalized spacial score (nSPS) is 25.5. The van der Waals surface area contributed by atoms with E-state index >= 15 is 0 Å². The molecule has 2 aliphatic rings. The Hall–Kier alpha value is -0.810. The molecule has 1 N–H and O–H groups in total. The molecule has 1 heterocycles. The van der Waals surface area contributed by atoms with E-state index in [9.17, 15) is 4.79 Å². The topological polar surface area (TPSA) is 44.8 Å². The highest BCUT2D eigenvalue weighted by Gasteiger charge is 2.41. The van der Waals surface area contributed by atoms with Crippen LogP contribution in [0.15, 0.2) is 0 Å². The Bertz CT molecular complexity index is 349. The molecule has 0 radical (unpaired) electrons. The van der Waals surface area contributed by atoms with Crippen molar-refractivity contribution in [1.82, 2.24) is 15.1 Å². The second-order valence-electron chi connectivity index (χ2n) is 6.84. The fraction of sp³-hybridized carbons (Fsp3) is 0.938. The lowest BCUT2D eigenvalue weighted by Crippen LogP contribution is -2.59. The first-order chi connectivity index (χ1) is 9.98. The number of hydrogen-bond donors (Lipinski definition) is 1. The summed E-state index contributed by atoms with van der Waals surface area (Å²) < 4.78 is 5.72. The van der Waals surface area contributed by atoms with Crippen molar-refractivity contribution in [2.45, 2.75) is 63.1 Å². The van der Waals surface area contributed by atoms with Crippen LogP contribution in [0.25, 0.3) is 0 Å². The third-order valence-corrected chi connectivity index (χ3v) is 5.27. The Kier molecular flexibility index (Phi) is 5.49. The fourth-order valence-corrected chi connectivity index (χ4v) is 3.49. The predicted octanol–water partition coefficient (Wildman–Crippen LogP) is 2.07. The van der Waals surface area contributed by atoms with Gasteiger partial charge in [-0.25, -0.2) is 4.79 Å². The lowest BCUT2D eigenvalue weighted by atomic mass is 9.75. The van der Waals surface area contributed by atoms with Gasteiger partial charge in [-0.2, -0.15) is 0 Å². The molecule has 1 saturated carbocycles. The quantitative estimate of drug-likeness (QED) is 0.816. The summed E-state index contributed by atoms with van der Waals surface area (Å²) in [6, 6.07) is 0.171. The van der Waals surface area contributed by atoms with E-state index in [1.165, 1.54) is 19.3 Å². The smallest absolute Gasteiger partial charge is 0.317 e. The zero-order valence-corrected chi connectivity index (χ0v) is 14.0. The molecule has 2 fully saturated rings. The molecular weight excluding hydrogens is 266 g/mol. The first-order valence-electron chi connectivity index (χ1n) is 8.29. The summed E-state index contributed by atoms with van der Waals surface area (Å²) in [6.45, 7) is 3.74. The van der Waals surface area contributed by atoms with Crippen LogP contribution in [-0.4, -0.2) is 67.8 Å². The zero-order valence-electron chi connectivity index (χ0n) is 14.0. The lowest BCUT2D eigenvalue weighted by Gasteiger charge is -2.49. The van der Waals surface area contributed by atoms with Gasteiger partial charge < -0.3 is 19.9 Å². The van der Waals surface area contributed by atoms with Gasteiger partial charge >= 0.3 is 6.03 Å². The molecule has 122 valence electrons. The molecule has 2 amide bonds. The standard InChI is InChI=1S/C16H31N3O2/c1-5-13(14-8-6-11-21-14)17-15(20)19(4)12-16(18(2)3)9-7-10-16/h13-14H,5-12H2,1-4H3,(H,17,20). The molecule has 2 unspecified atom stereocenters. The Morgan fingerprint density at radius 2 is 2.05 bits per heavy atom. The van der Waals surface area contributed by atoms with E-state index in [2.05, 4.69) is 31.2 Å². The molecule has 2 rings (SSSR count). The van der Waals surface area contributed by atoms with Gasteiger partial charge in [0.05, 0.1) is 12.1 Å². The molecule has 0 spiro atoms. The summed E-state index contributed by atoms with van der Waals surface area (Å²) in [5, 5.41) is 3.16. The summed E-state index contributed by atoms with van der Waals surface area (Å²) in [4.78, 5) is 16.6. The number of rotatable bonds is 6. The number of nitrogens with one attached hydrogen (secondary N) is 1. The third kappa shape index (κ3) is 3.69. The van der Waals surface area contributed by atoms with E-state index < -0.39 is 0 Å². The van der Waals surface area contributed by atoms with E-state index in [4.69, 9.17) is 4.74 Å². The van der Waals surface area contributed by atoms with Gasteiger partial charge in [0.25, 0.3) is 0 Å². The van der Waals surface area contributed by atoms with Crippen molar-refractivity contribution in [3.63, 3.8) is 0 Å². The predicted molar refractivity (Wildman–Crippen MR) is 84.5 cm³/mol. The van der Waals surface area contributed by atoms with Crippen molar-refractivity contribution in [1.29, 1.82) is 0 Å². The van der Waals surface area contributed by atoms with Crippen molar-refractivity contribution < 1.29 is 9.53 Å². The maximum atomic E-state index is 12.5. The molecule has 1 aliphatic heterocycles. The lowest BCUT2D eigenvalue weighted by molar-refractivity contribution is 0.0339. The van der Waals surface area contributed by atoms with E-state index in [1.54, 1.807) is 0 Å². The minimum atomic E-state index is 0.0328. The van der Waals surface area contributed by atoms with Crippen LogP contribution in [0.2, 0.25) is 0 Å². The summed E-state index contributed by atoms with van der Waals surface area (Å²) in [5.41, 5.74) is 0.178. The average molecular weight is 297 g/mol. The molecule has 0 aromatic heterocycles. The average Bonchev–Trinajstić information content (AvgIpc) is 2.92. The number of carbonyl (C=O) groups is 1.